The highest BCUT2D eigenvalue weighted by Crippen LogP contribution is 2.35. The number of halogens is 2. The van der Waals surface area contributed by atoms with Crippen LogP contribution < -0.4 is 4.74 Å². The molecule has 2 aromatic rings. The molecular formula is C19H15Cl2NO2S2. The molecule has 7 heteroatoms. The summed E-state index contributed by atoms with van der Waals surface area (Å²) in [6, 6.07) is 12.8. The Hall–Kier alpha value is -1.53. The summed E-state index contributed by atoms with van der Waals surface area (Å²) in [6.07, 6.45) is 1.78. The molecule has 0 N–H and O–H groups in total. The fourth-order valence-corrected chi connectivity index (χ4v) is 4.10. The van der Waals surface area contributed by atoms with Crippen molar-refractivity contribution < 1.29 is 9.53 Å². The number of likely N-dealkylation sites (N-methyl/N-ethyl adjacent to an activating group) is 1. The number of thioether (sulfide) groups is 1. The van der Waals surface area contributed by atoms with Gasteiger partial charge in [0.05, 0.1) is 4.91 Å². The molecule has 0 radical (unpaired) electrons. The van der Waals surface area contributed by atoms with E-state index < -0.39 is 0 Å². The number of amides is 1. The minimum Gasteiger partial charge on any atom is -0.488 e. The maximum Gasteiger partial charge on any atom is 0.266 e. The summed E-state index contributed by atoms with van der Waals surface area (Å²) < 4.78 is 6.49. The average molecular weight is 424 g/mol. The molecule has 3 nitrogen and oxygen atoms in total. The number of thiocarbonyl (C=S) groups is 1. The van der Waals surface area contributed by atoms with Crippen molar-refractivity contribution >= 4 is 63.5 Å². The summed E-state index contributed by atoms with van der Waals surface area (Å²) in [4.78, 5) is 14.6. The Bertz CT molecular complexity index is 882. The Balaban J connectivity index is 1.84. The van der Waals surface area contributed by atoms with Gasteiger partial charge in [0.15, 0.2) is 0 Å². The zero-order valence-electron chi connectivity index (χ0n) is 13.9. The van der Waals surface area contributed by atoms with E-state index in [-0.39, 0.29) is 5.91 Å². The molecule has 3 rings (SSSR count). The van der Waals surface area contributed by atoms with Gasteiger partial charge < -0.3 is 4.74 Å². The molecule has 0 unspecified atom stereocenters. The molecule has 1 saturated heterocycles. The fraction of sp³-hybridized carbons (Fsp3) is 0.158. The summed E-state index contributed by atoms with van der Waals surface area (Å²) in [5.74, 6) is 0.553. The number of benzene rings is 2. The predicted octanol–water partition coefficient (Wildman–Crippen LogP) is 5.79. The minimum atomic E-state index is -0.0915. The molecule has 0 bridgehead atoms. The van der Waals surface area contributed by atoms with Gasteiger partial charge in [-0.15, -0.1) is 0 Å². The van der Waals surface area contributed by atoms with Crippen LogP contribution in [0.25, 0.3) is 6.08 Å². The monoisotopic (exact) mass is 423 g/mol. The molecule has 0 spiro atoms. The van der Waals surface area contributed by atoms with Gasteiger partial charge in [0.2, 0.25) is 0 Å². The van der Waals surface area contributed by atoms with Crippen LogP contribution in [0.4, 0.5) is 0 Å². The van der Waals surface area contributed by atoms with Crippen LogP contribution in [0.1, 0.15) is 18.1 Å². The van der Waals surface area contributed by atoms with E-state index in [0.717, 1.165) is 11.1 Å². The highest BCUT2D eigenvalue weighted by atomic mass is 35.5. The second-order valence-corrected chi connectivity index (χ2v) is 8.07. The number of carbonyl (C=O) groups excluding carboxylic acids is 1. The van der Waals surface area contributed by atoms with E-state index in [1.165, 1.54) is 11.8 Å². The highest BCUT2D eigenvalue weighted by Gasteiger charge is 2.30. The van der Waals surface area contributed by atoms with E-state index >= 15 is 0 Å². The van der Waals surface area contributed by atoms with Crippen molar-refractivity contribution in [3.8, 4) is 5.75 Å². The van der Waals surface area contributed by atoms with Gasteiger partial charge in [0.25, 0.3) is 5.91 Å². The van der Waals surface area contributed by atoms with Gasteiger partial charge in [-0.25, -0.2) is 0 Å². The van der Waals surface area contributed by atoms with Crippen LogP contribution >= 0.6 is 47.2 Å². The molecule has 1 aliphatic heterocycles. The largest absolute Gasteiger partial charge is 0.488 e. The average Bonchev–Trinajstić information content (AvgIpc) is 2.88. The highest BCUT2D eigenvalue weighted by molar-refractivity contribution is 8.26. The Morgan fingerprint density at radius 2 is 1.85 bits per heavy atom. The van der Waals surface area contributed by atoms with E-state index in [9.17, 15) is 4.79 Å². The van der Waals surface area contributed by atoms with Gasteiger partial charge in [0, 0.05) is 22.2 Å². The lowest BCUT2D eigenvalue weighted by Crippen LogP contribution is -2.27. The van der Waals surface area contributed by atoms with Crippen LogP contribution in [0.15, 0.2) is 47.4 Å². The summed E-state index contributed by atoms with van der Waals surface area (Å²) in [7, 11) is 0. The molecule has 134 valence electrons. The third-order valence-electron chi connectivity index (χ3n) is 3.76. The molecule has 1 amide bonds. The van der Waals surface area contributed by atoms with Gasteiger partial charge in [-0.3, -0.25) is 9.69 Å². The van der Waals surface area contributed by atoms with Crippen molar-refractivity contribution in [1.29, 1.82) is 0 Å². The molecule has 1 heterocycles. The normalized spacial score (nSPS) is 15.8. The molecule has 0 aromatic heterocycles. The first-order valence-corrected chi connectivity index (χ1v) is 9.88. The number of rotatable bonds is 5. The summed E-state index contributed by atoms with van der Waals surface area (Å²) >= 11 is 18.6. The lowest BCUT2D eigenvalue weighted by molar-refractivity contribution is -0.121. The third kappa shape index (κ3) is 4.41. The van der Waals surface area contributed by atoms with E-state index in [4.69, 9.17) is 40.2 Å². The van der Waals surface area contributed by atoms with Crippen LogP contribution in [0, 0.1) is 0 Å². The second kappa shape index (κ2) is 8.44. The number of hydrogen-bond acceptors (Lipinski definition) is 4. The Morgan fingerprint density at radius 1 is 1.15 bits per heavy atom. The van der Waals surface area contributed by atoms with Crippen molar-refractivity contribution in [2.75, 3.05) is 6.54 Å². The van der Waals surface area contributed by atoms with Crippen molar-refractivity contribution in [1.82, 2.24) is 4.90 Å². The molecular weight excluding hydrogens is 409 g/mol. The Kier molecular flexibility index (Phi) is 6.24. The zero-order chi connectivity index (χ0) is 18.7. The number of carbonyl (C=O) groups is 1. The van der Waals surface area contributed by atoms with Gasteiger partial charge >= 0.3 is 0 Å². The summed E-state index contributed by atoms with van der Waals surface area (Å²) in [5, 5.41) is 1.25. The molecule has 0 atom stereocenters. The van der Waals surface area contributed by atoms with Crippen molar-refractivity contribution in [3.63, 3.8) is 0 Å². The molecule has 1 aliphatic rings. The molecule has 0 saturated carbocycles. The van der Waals surface area contributed by atoms with Crippen molar-refractivity contribution in [3.05, 3.63) is 68.5 Å². The SMILES string of the molecule is CCN1C(=O)/C(=C/c2cc(Cl)ccc2OCc2ccc(Cl)cc2)SC1=S. The first-order valence-electron chi connectivity index (χ1n) is 7.90. The van der Waals surface area contributed by atoms with Crippen LogP contribution in [-0.4, -0.2) is 21.7 Å². The predicted molar refractivity (Wildman–Crippen MR) is 113 cm³/mol. The van der Waals surface area contributed by atoms with Crippen LogP contribution in [-0.2, 0) is 11.4 Å². The van der Waals surface area contributed by atoms with E-state index in [2.05, 4.69) is 0 Å². The molecule has 1 fully saturated rings. The van der Waals surface area contributed by atoms with Gasteiger partial charge in [0.1, 0.15) is 16.7 Å². The third-order valence-corrected chi connectivity index (χ3v) is 5.62. The molecule has 2 aromatic carbocycles. The molecule has 0 aliphatic carbocycles. The Morgan fingerprint density at radius 3 is 2.50 bits per heavy atom. The minimum absolute atomic E-state index is 0.0915. The van der Waals surface area contributed by atoms with Crippen molar-refractivity contribution in [2.45, 2.75) is 13.5 Å². The number of hydrogen-bond donors (Lipinski definition) is 0. The summed E-state index contributed by atoms with van der Waals surface area (Å²) in [6.45, 7) is 2.83. The zero-order valence-corrected chi connectivity index (χ0v) is 17.0. The van der Waals surface area contributed by atoms with Gasteiger partial charge in [-0.2, -0.15) is 0 Å². The first-order chi connectivity index (χ1) is 12.5. The van der Waals surface area contributed by atoms with Crippen molar-refractivity contribution in [2.24, 2.45) is 0 Å². The number of nitrogens with zero attached hydrogens (tertiary/aromatic N) is 1. The van der Waals surface area contributed by atoms with Crippen LogP contribution in [0.2, 0.25) is 10.0 Å². The lowest BCUT2D eigenvalue weighted by Gasteiger charge is -2.11. The molecule has 26 heavy (non-hydrogen) atoms. The quantitative estimate of drug-likeness (QED) is 0.449. The van der Waals surface area contributed by atoms with Crippen LogP contribution in [0.3, 0.4) is 0 Å². The summed E-state index contributed by atoms with van der Waals surface area (Å²) in [5.41, 5.74) is 1.73. The van der Waals surface area contributed by atoms with Crippen LogP contribution in [0.5, 0.6) is 5.75 Å². The van der Waals surface area contributed by atoms with Gasteiger partial charge in [-0.1, -0.05) is 59.3 Å². The fourth-order valence-electron chi connectivity index (χ4n) is 2.42. The Labute approximate surface area is 171 Å². The van der Waals surface area contributed by atoms with E-state index in [1.54, 1.807) is 29.2 Å². The number of ether oxygens (including phenoxy) is 1. The topological polar surface area (TPSA) is 29.5 Å². The standard InChI is InChI=1S/C19H15Cl2NO2S2/c1-2-22-18(23)17(26-19(22)25)10-13-9-15(21)7-8-16(13)24-11-12-3-5-14(20)6-4-12/h3-10H,2,11H2,1H3/b17-10-. The second-order valence-electron chi connectivity index (χ2n) is 5.52. The smallest absolute Gasteiger partial charge is 0.266 e. The maximum absolute atomic E-state index is 12.4. The maximum atomic E-state index is 12.4. The van der Waals surface area contributed by atoms with Gasteiger partial charge in [-0.05, 0) is 48.9 Å². The lowest BCUT2D eigenvalue weighted by atomic mass is 10.1. The first kappa shape index (κ1) is 19.2. The van der Waals surface area contributed by atoms with E-state index in [0.29, 0.717) is 38.2 Å². The van der Waals surface area contributed by atoms with E-state index in [1.807, 2.05) is 31.2 Å².